The highest BCUT2D eigenvalue weighted by molar-refractivity contribution is 6.01. The lowest BCUT2D eigenvalue weighted by Crippen LogP contribution is -2.50. The van der Waals surface area contributed by atoms with Crippen LogP contribution >= 0.6 is 0 Å². The molecule has 2 aromatic heterocycles. The number of halogens is 2. The van der Waals surface area contributed by atoms with E-state index in [9.17, 15) is 13.6 Å². The van der Waals surface area contributed by atoms with Gasteiger partial charge in [-0.2, -0.15) is 0 Å². The van der Waals surface area contributed by atoms with Crippen LogP contribution in [0.15, 0.2) is 55.0 Å². The van der Waals surface area contributed by atoms with Gasteiger partial charge in [0.1, 0.15) is 11.6 Å². The van der Waals surface area contributed by atoms with Crippen LogP contribution in [0.25, 0.3) is 10.9 Å². The number of fused-ring (bicyclic) bond motifs is 1. The molecule has 0 radical (unpaired) electrons. The minimum Gasteiger partial charge on any atom is -0.454 e. The molecule has 0 bridgehead atoms. The molecule has 0 saturated carbocycles. The van der Waals surface area contributed by atoms with Gasteiger partial charge in [0.25, 0.3) is 0 Å². The van der Waals surface area contributed by atoms with Crippen molar-refractivity contribution >= 4 is 28.3 Å². The van der Waals surface area contributed by atoms with Crippen molar-refractivity contribution in [3.8, 4) is 11.5 Å². The van der Waals surface area contributed by atoms with Crippen LogP contribution in [-0.4, -0.2) is 52.1 Å². The predicted molar refractivity (Wildman–Crippen MR) is 124 cm³/mol. The molecule has 1 fully saturated rings. The van der Waals surface area contributed by atoms with E-state index in [1.807, 2.05) is 31.2 Å². The number of ether oxygens (including phenoxy) is 1. The van der Waals surface area contributed by atoms with Crippen LogP contribution in [0.1, 0.15) is 5.82 Å². The van der Waals surface area contributed by atoms with Gasteiger partial charge in [0.15, 0.2) is 17.4 Å². The van der Waals surface area contributed by atoms with Crippen molar-refractivity contribution in [1.82, 2.24) is 19.9 Å². The zero-order chi connectivity index (χ0) is 23.7. The van der Waals surface area contributed by atoms with Crippen LogP contribution < -0.4 is 15.0 Å². The van der Waals surface area contributed by atoms with Crippen LogP contribution in [0.2, 0.25) is 0 Å². The Bertz CT molecular complexity index is 1320. The molecule has 4 aromatic rings. The maximum absolute atomic E-state index is 13.9. The third kappa shape index (κ3) is 4.34. The molecule has 1 saturated heterocycles. The molecule has 1 aliphatic rings. The summed E-state index contributed by atoms with van der Waals surface area (Å²) in [5.74, 6) is 0.0360. The fourth-order valence-corrected chi connectivity index (χ4v) is 3.90. The number of aromatic nitrogens is 3. The quantitative estimate of drug-likeness (QED) is 0.458. The number of carbonyl (C=O) groups is 1. The van der Waals surface area contributed by atoms with Crippen molar-refractivity contribution in [3.05, 3.63) is 72.4 Å². The lowest BCUT2D eigenvalue weighted by molar-refractivity contribution is 0.208. The highest BCUT2D eigenvalue weighted by atomic mass is 19.2. The number of hydrogen-bond donors (Lipinski definition) is 2. The van der Waals surface area contributed by atoms with E-state index < -0.39 is 11.6 Å². The molecular weight excluding hydrogens is 442 g/mol. The lowest BCUT2D eigenvalue weighted by Gasteiger charge is -2.36. The Labute approximate surface area is 194 Å². The summed E-state index contributed by atoms with van der Waals surface area (Å²) in [5, 5.41) is 3.21. The summed E-state index contributed by atoms with van der Waals surface area (Å²) in [6.07, 6.45) is 4.73. The number of nitrogens with zero attached hydrogens (tertiary/aromatic N) is 4. The molecule has 8 nitrogen and oxygen atoms in total. The molecule has 2 amide bonds. The average molecular weight is 464 g/mol. The fourth-order valence-electron chi connectivity index (χ4n) is 3.90. The van der Waals surface area contributed by atoms with Crippen LogP contribution in [0.3, 0.4) is 0 Å². The number of rotatable bonds is 4. The fraction of sp³-hybridized carbons (Fsp3) is 0.208. The van der Waals surface area contributed by atoms with E-state index in [4.69, 9.17) is 4.74 Å². The normalized spacial score (nSPS) is 13.9. The molecule has 0 atom stereocenters. The Morgan fingerprint density at radius 3 is 2.41 bits per heavy atom. The number of aromatic amines is 1. The maximum Gasteiger partial charge on any atom is 0.322 e. The molecule has 2 N–H and O–H groups in total. The van der Waals surface area contributed by atoms with Crippen molar-refractivity contribution in [2.45, 2.75) is 6.92 Å². The summed E-state index contributed by atoms with van der Waals surface area (Å²) in [6.45, 7) is 4.18. The van der Waals surface area contributed by atoms with E-state index in [1.165, 1.54) is 12.3 Å². The first-order valence-electron chi connectivity index (χ1n) is 10.8. The van der Waals surface area contributed by atoms with Gasteiger partial charge in [-0.15, -0.1) is 0 Å². The number of H-pyrrole nitrogens is 1. The Morgan fingerprint density at radius 2 is 1.71 bits per heavy atom. The van der Waals surface area contributed by atoms with Crippen molar-refractivity contribution in [1.29, 1.82) is 0 Å². The van der Waals surface area contributed by atoms with E-state index in [1.54, 1.807) is 17.3 Å². The summed E-state index contributed by atoms with van der Waals surface area (Å²) >= 11 is 0. The number of hydrogen-bond acceptors (Lipinski definition) is 5. The molecule has 3 heterocycles. The minimum absolute atomic E-state index is 0.0300. The third-order valence-corrected chi connectivity index (χ3v) is 5.75. The first kappa shape index (κ1) is 21.6. The smallest absolute Gasteiger partial charge is 0.322 e. The van der Waals surface area contributed by atoms with Gasteiger partial charge < -0.3 is 24.8 Å². The number of amides is 2. The van der Waals surface area contributed by atoms with Gasteiger partial charge in [-0.25, -0.2) is 23.5 Å². The molecule has 1 aliphatic heterocycles. The molecule has 0 unspecified atom stereocenters. The van der Waals surface area contributed by atoms with Gasteiger partial charge in [0, 0.05) is 43.4 Å². The van der Waals surface area contributed by atoms with E-state index in [-0.39, 0.29) is 11.5 Å². The largest absolute Gasteiger partial charge is 0.454 e. The van der Waals surface area contributed by atoms with Crippen LogP contribution in [0.4, 0.5) is 25.0 Å². The topological polar surface area (TPSA) is 86.4 Å². The second kappa shape index (κ2) is 8.97. The number of carbonyl (C=O) groups excluding carboxylic acids is 1. The van der Waals surface area contributed by atoms with Crippen LogP contribution in [0, 0.1) is 18.6 Å². The first-order valence-corrected chi connectivity index (χ1v) is 10.8. The number of anilines is 2. The van der Waals surface area contributed by atoms with E-state index in [0.717, 1.165) is 11.8 Å². The van der Waals surface area contributed by atoms with Crippen molar-refractivity contribution in [2.75, 3.05) is 36.4 Å². The van der Waals surface area contributed by atoms with Crippen molar-refractivity contribution in [2.24, 2.45) is 0 Å². The average Bonchev–Trinajstić information content (AvgIpc) is 3.26. The third-order valence-electron chi connectivity index (χ3n) is 5.75. The summed E-state index contributed by atoms with van der Waals surface area (Å²) < 4.78 is 33.1. The zero-order valence-electron chi connectivity index (χ0n) is 18.4. The number of benzene rings is 2. The molecule has 34 heavy (non-hydrogen) atoms. The Hall–Kier alpha value is -4.21. The van der Waals surface area contributed by atoms with Gasteiger partial charge in [-0.05, 0) is 43.3 Å². The molecule has 2 aromatic carbocycles. The van der Waals surface area contributed by atoms with Crippen LogP contribution in [-0.2, 0) is 0 Å². The number of aryl methyl sites for hydroxylation is 1. The molecular formula is C24H22F2N6O2. The van der Waals surface area contributed by atoms with Gasteiger partial charge in [-0.3, -0.25) is 0 Å². The number of nitrogens with one attached hydrogen (secondary N) is 2. The standard InChI is InChI=1S/C24H22F2N6O2/c1-15-27-12-18(13-28-15)34-17-4-2-16(3-5-17)31-8-10-32(11-9-31)24(33)30-21-14-29-23-19(21)6-7-20(25)22(23)26/h2-7,12-14,29H,8-11H2,1H3,(H,30,33). The Morgan fingerprint density at radius 1 is 1.00 bits per heavy atom. The van der Waals surface area contributed by atoms with Crippen molar-refractivity contribution in [3.63, 3.8) is 0 Å². The summed E-state index contributed by atoms with van der Waals surface area (Å²) in [5.41, 5.74) is 1.47. The first-order chi connectivity index (χ1) is 16.5. The van der Waals surface area contributed by atoms with Gasteiger partial charge in [0.2, 0.25) is 0 Å². The Balaban J connectivity index is 1.17. The lowest BCUT2D eigenvalue weighted by atomic mass is 10.2. The van der Waals surface area contributed by atoms with Gasteiger partial charge >= 0.3 is 6.03 Å². The molecule has 0 spiro atoms. The van der Waals surface area contributed by atoms with E-state index in [0.29, 0.717) is 54.6 Å². The number of piperazine rings is 1. The predicted octanol–water partition coefficient (Wildman–Crippen LogP) is 4.69. The highest BCUT2D eigenvalue weighted by Crippen LogP contribution is 2.28. The highest BCUT2D eigenvalue weighted by Gasteiger charge is 2.22. The molecule has 5 rings (SSSR count). The second-order valence-electron chi connectivity index (χ2n) is 7.95. The summed E-state index contributed by atoms with van der Waals surface area (Å²) in [4.78, 5) is 27.5. The minimum atomic E-state index is -0.963. The zero-order valence-corrected chi connectivity index (χ0v) is 18.4. The van der Waals surface area contributed by atoms with Gasteiger partial charge in [0.05, 0.1) is 23.6 Å². The number of urea groups is 1. The molecule has 10 heteroatoms. The second-order valence-corrected chi connectivity index (χ2v) is 7.95. The summed E-state index contributed by atoms with van der Waals surface area (Å²) in [7, 11) is 0. The maximum atomic E-state index is 13.9. The van der Waals surface area contributed by atoms with E-state index in [2.05, 4.69) is 25.2 Å². The molecule has 174 valence electrons. The summed E-state index contributed by atoms with van der Waals surface area (Å²) in [6, 6.07) is 9.91. The Kier molecular flexibility index (Phi) is 5.70. The van der Waals surface area contributed by atoms with Gasteiger partial charge in [-0.1, -0.05) is 0 Å². The monoisotopic (exact) mass is 464 g/mol. The van der Waals surface area contributed by atoms with Crippen LogP contribution in [0.5, 0.6) is 11.5 Å². The molecule has 0 aliphatic carbocycles. The van der Waals surface area contributed by atoms with Crippen molar-refractivity contribution < 1.29 is 18.3 Å². The SMILES string of the molecule is Cc1ncc(Oc2ccc(N3CCN(C(=O)Nc4c[nH]c5c(F)c(F)ccc45)CC3)cc2)cn1. The van der Waals surface area contributed by atoms with E-state index >= 15 is 0 Å².